The molecule has 0 atom stereocenters. The summed E-state index contributed by atoms with van der Waals surface area (Å²) in [5, 5.41) is 29.3. The third-order valence-corrected chi connectivity index (χ3v) is 3.41. The van der Waals surface area contributed by atoms with Gasteiger partial charge in [0.05, 0.1) is 25.4 Å². The fraction of sp³-hybridized carbons (Fsp3) is 0.125. The van der Waals surface area contributed by atoms with E-state index in [0.717, 1.165) is 24.4 Å². The molecule has 9 nitrogen and oxygen atoms in total. The maximum absolute atomic E-state index is 11.7. The van der Waals surface area contributed by atoms with Crippen molar-refractivity contribution in [3.05, 3.63) is 52.1 Å². The molecular formula is C16H15N4O5S-. The molecule has 0 heterocycles. The number of non-ortho nitro benzene ring substituents is 1. The van der Waals surface area contributed by atoms with E-state index in [1.54, 1.807) is 18.2 Å². The summed E-state index contributed by atoms with van der Waals surface area (Å²) < 4.78 is 10.3. The molecule has 0 unspecified atom stereocenters. The lowest BCUT2D eigenvalue weighted by Gasteiger charge is -2.12. The molecular weight excluding hydrogens is 360 g/mol. The SMILES string of the molecule is COc1ccc(NC(=S)N/N=C\c2cc([N+](=O)[O-])ccc2[O-])cc1OC. The Labute approximate surface area is 154 Å². The fourth-order valence-corrected chi connectivity index (χ4v) is 2.15. The molecule has 0 aromatic heterocycles. The summed E-state index contributed by atoms with van der Waals surface area (Å²) in [5.74, 6) is 0.708. The summed E-state index contributed by atoms with van der Waals surface area (Å²) in [6.07, 6.45) is 1.16. The van der Waals surface area contributed by atoms with Crippen molar-refractivity contribution in [3.63, 3.8) is 0 Å². The zero-order valence-corrected chi connectivity index (χ0v) is 14.7. The van der Waals surface area contributed by atoms with E-state index in [9.17, 15) is 15.2 Å². The number of rotatable bonds is 6. The number of nitro benzene ring substituents is 1. The fourth-order valence-electron chi connectivity index (χ4n) is 1.98. The van der Waals surface area contributed by atoms with E-state index in [1.165, 1.54) is 14.2 Å². The Morgan fingerprint density at radius 3 is 2.58 bits per heavy atom. The molecule has 0 amide bonds. The van der Waals surface area contributed by atoms with Crippen LogP contribution in [-0.2, 0) is 0 Å². The number of nitro groups is 1. The summed E-state index contributed by atoms with van der Waals surface area (Å²) in [4.78, 5) is 10.2. The lowest BCUT2D eigenvalue weighted by atomic mass is 10.2. The first-order valence-electron chi connectivity index (χ1n) is 7.22. The number of methoxy groups -OCH3 is 2. The Hall–Kier alpha value is -3.40. The summed E-state index contributed by atoms with van der Waals surface area (Å²) in [6.45, 7) is 0. The zero-order chi connectivity index (χ0) is 19.1. The standard InChI is InChI=1S/C16H16N4O5S/c1-24-14-6-3-11(8-15(14)25-2)18-16(26)19-17-9-10-7-12(20(22)23)4-5-13(10)21/h3-9,21H,1-2H3,(H2,18,19,26)/p-1/b17-9-. The lowest BCUT2D eigenvalue weighted by Crippen LogP contribution is -2.23. The van der Waals surface area contributed by atoms with Gasteiger partial charge in [0, 0.05) is 23.9 Å². The van der Waals surface area contributed by atoms with Crippen molar-refractivity contribution < 1.29 is 19.5 Å². The van der Waals surface area contributed by atoms with Crippen molar-refractivity contribution in [2.75, 3.05) is 19.5 Å². The molecule has 0 bridgehead atoms. The van der Waals surface area contributed by atoms with Gasteiger partial charge >= 0.3 is 0 Å². The molecule has 136 valence electrons. The minimum absolute atomic E-state index is 0.0700. The van der Waals surface area contributed by atoms with Crippen LogP contribution < -0.4 is 25.3 Å². The average Bonchev–Trinajstić information content (AvgIpc) is 2.62. The van der Waals surface area contributed by atoms with Crippen LogP contribution in [0.15, 0.2) is 41.5 Å². The van der Waals surface area contributed by atoms with Gasteiger partial charge in [-0.25, -0.2) is 0 Å². The molecule has 2 aromatic carbocycles. The van der Waals surface area contributed by atoms with Crippen LogP contribution in [0.5, 0.6) is 17.2 Å². The molecule has 2 aromatic rings. The summed E-state index contributed by atoms with van der Waals surface area (Å²) in [7, 11) is 3.05. The van der Waals surface area contributed by atoms with Gasteiger partial charge in [-0.2, -0.15) is 5.10 Å². The van der Waals surface area contributed by atoms with Crippen molar-refractivity contribution >= 4 is 34.9 Å². The number of hydrogen-bond acceptors (Lipinski definition) is 7. The smallest absolute Gasteiger partial charge is 0.270 e. The van der Waals surface area contributed by atoms with E-state index >= 15 is 0 Å². The molecule has 0 aliphatic heterocycles. The highest BCUT2D eigenvalue weighted by Crippen LogP contribution is 2.29. The number of anilines is 1. The number of hydrogen-bond donors (Lipinski definition) is 2. The highest BCUT2D eigenvalue weighted by molar-refractivity contribution is 7.80. The van der Waals surface area contributed by atoms with Crippen molar-refractivity contribution in [2.24, 2.45) is 5.10 Å². The number of hydrazone groups is 1. The molecule has 0 radical (unpaired) electrons. The van der Waals surface area contributed by atoms with Crippen LogP contribution in [0.4, 0.5) is 11.4 Å². The Balaban J connectivity index is 2.02. The Morgan fingerprint density at radius 2 is 1.92 bits per heavy atom. The highest BCUT2D eigenvalue weighted by Gasteiger charge is 2.06. The van der Waals surface area contributed by atoms with Crippen molar-refractivity contribution in [1.82, 2.24) is 5.43 Å². The third-order valence-electron chi connectivity index (χ3n) is 3.22. The number of nitrogens with one attached hydrogen (secondary N) is 2. The first-order valence-corrected chi connectivity index (χ1v) is 7.63. The van der Waals surface area contributed by atoms with Crippen LogP contribution in [0, 0.1) is 10.1 Å². The average molecular weight is 375 g/mol. The Bertz CT molecular complexity index is 857. The summed E-state index contributed by atoms with van der Waals surface area (Å²) in [6, 6.07) is 8.51. The predicted molar refractivity (Wildman–Crippen MR) is 99.0 cm³/mol. The van der Waals surface area contributed by atoms with Gasteiger partial charge in [-0.3, -0.25) is 15.5 Å². The first-order chi connectivity index (χ1) is 12.4. The monoisotopic (exact) mass is 375 g/mol. The normalized spacial score (nSPS) is 10.4. The number of nitrogens with zero attached hydrogens (tertiary/aromatic N) is 2. The van der Waals surface area contributed by atoms with Crippen LogP contribution in [0.2, 0.25) is 0 Å². The van der Waals surface area contributed by atoms with Crippen LogP contribution in [-0.4, -0.2) is 30.5 Å². The van der Waals surface area contributed by atoms with Gasteiger partial charge in [0.2, 0.25) is 0 Å². The number of ether oxygens (including phenoxy) is 2. The van der Waals surface area contributed by atoms with E-state index in [0.29, 0.717) is 17.2 Å². The second-order valence-corrected chi connectivity index (χ2v) is 5.28. The second kappa shape index (κ2) is 8.62. The van der Waals surface area contributed by atoms with E-state index in [-0.39, 0.29) is 22.1 Å². The van der Waals surface area contributed by atoms with Crippen molar-refractivity contribution in [3.8, 4) is 17.2 Å². The van der Waals surface area contributed by atoms with Crippen LogP contribution in [0.1, 0.15) is 5.56 Å². The van der Waals surface area contributed by atoms with E-state index in [4.69, 9.17) is 21.7 Å². The molecule has 2 N–H and O–H groups in total. The summed E-state index contributed by atoms with van der Waals surface area (Å²) in [5.41, 5.74) is 3.04. The topological polar surface area (TPSA) is 121 Å². The molecule has 0 fully saturated rings. The van der Waals surface area contributed by atoms with E-state index in [1.807, 2.05) is 0 Å². The van der Waals surface area contributed by atoms with Gasteiger partial charge in [-0.1, -0.05) is 11.8 Å². The van der Waals surface area contributed by atoms with Gasteiger partial charge in [-0.15, -0.1) is 0 Å². The molecule has 0 aliphatic rings. The molecule has 0 aliphatic carbocycles. The van der Waals surface area contributed by atoms with Gasteiger partial charge in [0.1, 0.15) is 0 Å². The van der Waals surface area contributed by atoms with Crippen LogP contribution >= 0.6 is 12.2 Å². The summed E-state index contributed by atoms with van der Waals surface area (Å²) >= 11 is 5.10. The highest BCUT2D eigenvalue weighted by atomic mass is 32.1. The lowest BCUT2D eigenvalue weighted by molar-refractivity contribution is -0.385. The Kier molecular flexibility index (Phi) is 6.28. The van der Waals surface area contributed by atoms with Gasteiger partial charge in [0.15, 0.2) is 16.6 Å². The zero-order valence-electron chi connectivity index (χ0n) is 13.9. The molecule has 26 heavy (non-hydrogen) atoms. The quantitative estimate of drug-likeness (QED) is 0.340. The molecule has 10 heteroatoms. The molecule has 0 saturated heterocycles. The minimum atomic E-state index is -0.590. The maximum Gasteiger partial charge on any atom is 0.270 e. The Morgan fingerprint density at radius 1 is 1.19 bits per heavy atom. The van der Waals surface area contributed by atoms with Gasteiger partial charge < -0.3 is 19.9 Å². The number of thiocarbonyl (C=S) groups is 1. The second-order valence-electron chi connectivity index (χ2n) is 4.87. The first kappa shape index (κ1) is 18.9. The molecule has 0 spiro atoms. The largest absolute Gasteiger partial charge is 0.872 e. The van der Waals surface area contributed by atoms with Gasteiger partial charge in [0.25, 0.3) is 5.69 Å². The van der Waals surface area contributed by atoms with Gasteiger partial charge in [-0.05, 0) is 29.9 Å². The van der Waals surface area contributed by atoms with Crippen molar-refractivity contribution in [2.45, 2.75) is 0 Å². The molecule has 0 saturated carbocycles. The van der Waals surface area contributed by atoms with Crippen molar-refractivity contribution in [1.29, 1.82) is 0 Å². The van der Waals surface area contributed by atoms with Crippen LogP contribution in [0.3, 0.4) is 0 Å². The minimum Gasteiger partial charge on any atom is -0.872 e. The maximum atomic E-state index is 11.7. The number of benzene rings is 2. The third kappa shape index (κ3) is 4.80. The molecule has 2 rings (SSSR count). The van der Waals surface area contributed by atoms with Crippen LogP contribution in [0.25, 0.3) is 0 Å². The van der Waals surface area contributed by atoms with E-state index < -0.39 is 4.92 Å². The predicted octanol–water partition coefficient (Wildman–Crippen LogP) is 2.01. The van der Waals surface area contributed by atoms with E-state index in [2.05, 4.69) is 15.8 Å².